The molecule has 0 spiro atoms. The molecular formula is C17H26ClN5O3. The first-order valence-electron chi connectivity index (χ1n) is 8.84. The van der Waals surface area contributed by atoms with E-state index in [1.165, 1.54) is 0 Å². The highest BCUT2D eigenvalue weighted by atomic mass is 35.5. The van der Waals surface area contributed by atoms with Gasteiger partial charge in [0.25, 0.3) is 0 Å². The normalized spacial score (nSPS) is 18.9. The molecule has 0 unspecified atom stereocenters. The van der Waals surface area contributed by atoms with Crippen LogP contribution >= 0.6 is 11.6 Å². The first kappa shape index (κ1) is 20.2. The number of rotatable bonds is 5. The lowest BCUT2D eigenvalue weighted by Gasteiger charge is -2.24. The molecule has 1 saturated heterocycles. The van der Waals surface area contributed by atoms with Crippen molar-refractivity contribution in [2.75, 3.05) is 18.8 Å². The SMILES string of the molecule is Cc1nc(N)c(CC[C@@H]2CCCN(C(=O)[C@H](C)NC(=O)O)CC2)c(Cl)n1. The van der Waals surface area contributed by atoms with Crippen molar-refractivity contribution in [1.29, 1.82) is 0 Å². The van der Waals surface area contributed by atoms with E-state index in [2.05, 4.69) is 15.3 Å². The van der Waals surface area contributed by atoms with Gasteiger partial charge in [0.05, 0.1) is 0 Å². The predicted molar refractivity (Wildman–Crippen MR) is 99.1 cm³/mol. The van der Waals surface area contributed by atoms with Crippen molar-refractivity contribution in [1.82, 2.24) is 20.2 Å². The molecular weight excluding hydrogens is 358 g/mol. The summed E-state index contributed by atoms with van der Waals surface area (Å²) in [5.41, 5.74) is 6.75. The van der Waals surface area contributed by atoms with Crippen molar-refractivity contribution < 1.29 is 14.7 Å². The van der Waals surface area contributed by atoms with Crippen LogP contribution in [0.3, 0.4) is 0 Å². The molecule has 1 aliphatic rings. The molecule has 144 valence electrons. The molecule has 4 N–H and O–H groups in total. The molecule has 0 bridgehead atoms. The quantitative estimate of drug-likeness (QED) is 0.670. The Morgan fingerprint density at radius 2 is 2.12 bits per heavy atom. The van der Waals surface area contributed by atoms with Gasteiger partial charge in [0, 0.05) is 18.7 Å². The van der Waals surface area contributed by atoms with E-state index < -0.39 is 12.1 Å². The summed E-state index contributed by atoms with van der Waals surface area (Å²) in [5.74, 6) is 1.27. The van der Waals surface area contributed by atoms with E-state index in [0.29, 0.717) is 42.2 Å². The van der Waals surface area contributed by atoms with Crippen molar-refractivity contribution in [2.24, 2.45) is 5.92 Å². The Morgan fingerprint density at radius 3 is 2.77 bits per heavy atom. The van der Waals surface area contributed by atoms with Crippen molar-refractivity contribution in [2.45, 2.75) is 52.0 Å². The fourth-order valence-corrected chi connectivity index (χ4v) is 3.67. The summed E-state index contributed by atoms with van der Waals surface area (Å²) < 4.78 is 0. The number of anilines is 1. The highest BCUT2D eigenvalue weighted by Crippen LogP contribution is 2.26. The van der Waals surface area contributed by atoms with Gasteiger partial charge in [0.1, 0.15) is 22.8 Å². The van der Waals surface area contributed by atoms with Crippen LogP contribution in [0.2, 0.25) is 5.15 Å². The second-order valence-corrected chi connectivity index (χ2v) is 7.12. The third-order valence-corrected chi connectivity index (χ3v) is 5.09. The largest absolute Gasteiger partial charge is 0.465 e. The Bertz CT molecular complexity index is 647. The number of nitrogen functional groups attached to an aromatic ring is 1. The number of likely N-dealkylation sites (tertiary alicyclic amines) is 1. The van der Waals surface area contributed by atoms with Gasteiger partial charge in [-0.1, -0.05) is 11.6 Å². The Labute approximate surface area is 158 Å². The summed E-state index contributed by atoms with van der Waals surface area (Å²) in [7, 11) is 0. The molecule has 2 rings (SSSR count). The molecule has 2 amide bonds. The zero-order chi connectivity index (χ0) is 19.3. The second kappa shape index (κ2) is 9.02. The van der Waals surface area contributed by atoms with Crippen LogP contribution in [0.15, 0.2) is 0 Å². The molecule has 0 saturated carbocycles. The minimum absolute atomic E-state index is 0.174. The van der Waals surface area contributed by atoms with Crippen LogP contribution in [0.5, 0.6) is 0 Å². The number of hydrogen-bond acceptors (Lipinski definition) is 5. The number of carbonyl (C=O) groups excluding carboxylic acids is 1. The van der Waals surface area contributed by atoms with Crippen molar-refractivity contribution in [3.8, 4) is 0 Å². The number of nitrogens with zero attached hydrogens (tertiary/aromatic N) is 3. The third-order valence-electron chi connectivity index (χ3n) is 4.77. The smallest absolute Gasteiger partial charge is 0.405 e. The van der Waals surface area contributed by atoms with Gasteiger partial charge in [-0.3, -0.25) is 4.79 Å². The van der Waals surface area contributed by atoms with Gasteiger partial charge in [0.2, 0.25) is 5.91 Å². The number of nitrogens with two attached hydrogens (primary N) is 1. The van der Waals surface area contributed by atoms with Crippen LogP contribution in [0, 0.1) is 12.8 Å². The van der Waals surface area contributed by atoms with E-state index in [9.17, 15) is 9.59 Å². The van der Waals surface area contributed by atoms with Crippen molar-refractivity contribution in [3.05, 3.63) is 16.5 Å². The highest BCUT2D eigenvalue weighted by molar-refractivity contribution is 6.30. The molecule has 2 heterocycles. The molecule has 1 aromatic rings. The number of carbonyl (C=O) groups is 2. The summed E-state index contributed by atoms with van der Waals surface area (Å²) in [6.07, 6.45) is 3.20. The summed E-state index contributed by atoms with van der Waals surface area (Å²) in [5, 5.41) is 11.4. The Hall–Kier alpha value is -2.09. The molecule has 0 radical (unpaired) electrons. The van der Waals surface area contributed by atoms with Crippen LogP contribution in [0.1, 0.15) is 44.0 Å². The predicted octanol–water partition coefficient (Wildman–Crippen LogP) is 2.24. The number of halogens is 1. The van der Waals surface area contributed by atoms with E-state index in [4.69, 9.17) is 22.4 Å². The number of aryl methyl sites for hydroxylation is 1. The number of carboxylic acid groups (broad SMARTS) is 1. The second-order valence-electron chi connectivity index (χ2n) is 6.76. The Kier molecular flexibility index (Phi) is 7.02. The molecule has 0 aromatic carbocycles. The first-order chi connectivity index (χ1) is 12.3. The minimum Gasteiger partial charge on any atom is -0.465 e. The fraction of sp³-hybridized carbons (Fsp3) is 0.647. The average Bonchev–Trinajstić information content (AvgIpc) is 2.78. The third kappa shape index (κ3) is 5.45. The van der Waals surface area contributed by atoms with Crippen LogP contribution in [0.25, 0.3) is 0 Å². The summed E-state index contributed by atoms with van der Waals surface area (Å²) in [4.78, 5) is 33.1. The van der Waals surface area contributed by atoms with Gasteiger partial charge in [-0.05, 0) is 51.9 Å². The summed E-state index contributed by atoms with van der Waals surface area (Å²) in [6, 6.07) is -0.729. The van der Waals surface area contributed by atoms with Crippen molar-refractivity contribution in [3.63, 3.8) is 0 Å². The lowest BCUT2D eigenvalue weighted by atomic mass is 9.93. The van der Waals surface area contributed by atoms with E-state index in [1.807, 2.05) is 0 Å². The van der Waals surface area contributed by atoms with Crippen LogP contribution in [-0.2, 0) is 11.2 Å². The van der Waals surface area contributed by atoms with Gasteiger partial charge in [-0.15, -0.1) is 0 Å². The summed E-state index contributed by atoms with van der Waals surface area (Å²) >= 11 is 6.19. The molecule has 1 aromatic heterocycles. The molecule has 1 aliphatic heterocycles. The first-order valence-corrected chi connectivity index (χ1v) is 9.22. The van der Waals surface area contributed by atoms with Gasteiger partial charge >= 0.3 is 6.09 Å². The Balaban J connectivity index is 1.89. The zero-order valence-corrected chi connectivity index (χ0v) is 15.9. The lowest BCUT2D eigenvalue weighted by molar-refractivity contribution is -0.132. The van der Waals surface area contributed by atoms with Crippen LogP contribution in [0.4, 0.5) is 10.6 Å². The lowest BCUT2D eigenvalue weighted by Crippen LogP contribution is -2.46. The number of aromatic nitrogens is 2. The van der Waals surface area contributed by atoms with Gasteiger partial charge in [-0.25, -0.2) is 14.8 Å². The highest BCUT2D eigenvalue weighted by Gasteiger charge is 2.25. The maximum absolute atomic E-state index is 12.3. The number of nitrogens with one attached hydrogen (secondary N) is 1. The monoisotopic (exact) mass is 383 g/mol. The minimum atomic E-state index is -1.19. The maximum atomic E-state index is 12.3. The molecule has 1 fully saturated rings. The molecule has 9 heteroatoms. The van der Waals surface area contributed by atoms with Gasteiger partial charge in [-0.2, -0.15) is 0 Å². The van der Waals surface area contributed by atoms with Crippen molar-refractivity contribution >= 4 is 29.4 Å². The van der Waals surface area contributed by atoms with E-state index in [0.717, 1.165) is 31.2 Å². The van der Waals surface area contributed by atoms with E-state index in [1.54, 1.807) is 18.7 Å². The average molecular weight is 384 g/mol. The number of amides is 2. The van der Waals surface area contributed by atoms with E-state index in [-0.39, 0.29) is 5.91 Å². The molecule has 0 aliphatic carbocycles. The standard InChI is InChI=1S/C17H26ClN5O3/c1-10(20-17(25)26)16(24)23-8-3-4-12(7-9-23)5-6-13-14(18)21-11(2)22-15(13)19/h10,12,20H,3-9H2,1-2H3,(H,25,26)(H2,19,21,22)/t10-,12-/m0/s1. The molecule has 2 atom stereocenters. The number of hydrogen-bond donors (Lipinski definition) is 3. The van der Waals surface area contributed by atoms with Crippen LogP contribution < -0.4 is 11.1 Å². The van der Waals surface area contributed by atoms with Gasteiger partial charge < -0.3 is 21.1 Å². The molecule has 26 heavy (non-hydrogen) atoms. The topological polar surface area (TPSA) is 121 Å². The Morgan fingerprint density at radius 1 is 1.38 bits per heavy atom. The van der Waals surface area contributed by atoms with Crippen LogP contribution in [-0.4, -0.2) is 51.1 Å². The maximum Gasteiger partial charge on any atom is 0.405 e. The molecule has 8 nitrogen and oxygen atoms in total. The fourth-order valence-electron chi connectivity index (χ4n) is 3.36. The summed E-state index contributed by atoms with van der Waals surface area (Å²) in [6.45, 7) is 4.60. The van der Waals surface area contributed by atoms with Gasteiger partial charge in [0.15, 0.2) is 0 Å². The zero-order valence-electron chi connectivity index (χ0n) is 15.2. The van der Waals surface area contributed by atoms with E-state index >= 15 is 0 Å².